The summed E-state index contributed by atoms with van der Waals surface area (Å²) in [6, 6.07) is 0. The van der Waals surface area contributed by atoms with Gasteiger partial charge in [-0.2, -0.15) is 0 Å². The molecule has 2 heterocycles. The van der Waals surface area contributed by atoms with Crippen LogP contribution >= 0.6 is 0 Å². The summed E-state index contributed by atoms with van der Waals surface area (Å²) in [5.74, 6) is 0.327. The third-order valence-corrected chi connectivity index (χ3v) is 7.84. The van der Waals surface area contributed by atoms with Crippen molar-refractivity contribution in [2.24, 2.45) is 10.3 Å². The zero-order valence-electron chi connectivity index (χ0n) is 20.6. The van der Waals surface area contributed by atoms with E-state index in [0.29, 0.717) is 11.3 Å². The lowest BCUT2D eigenvalue weighted by atomic mass is 10.2. The van der Waals surface area contributed by atoms with Crippen LogP contribution in [0.1, 0.15) is 54.5 Å². The Morgan fingerprint density at radius 3 is 1.92 bits per heavy atom. The summed E-state index contributed by atoms with van der Waals surface area (Å²) in [6.45, 7) is 10.1. The van der Waals surface area contributed by atoms with Crippen molar-refractivity contribution in [2.45, 2.75) is 50.4 Å². The van der Waals surface area contributed by atoms with Crippen LogP contribution in [0.5, 0.6) is 0 Å². The molecule has 2 aromatic rings. The first kappa shape index (κ1) is 29.6. The monoisotopic (exact) mass is 540 g/mol. The number of rotatable bonds is 13. The van der Waals surface area contributed by atoms with Crippen LogP contribution < -0.4 is 10.3 Å². The number of aryl methyl sites for hydroxylation is 2. The summed E-state index contributed by atoms with van der Waals surface area (Å²) < 4.78 is 59.1. The molecule has 0 unspecified atom stereocenters. The van der Waals surface area contributed by atoms with Crippen LogP contribution in [-0.4, -0.2) is 60.5 Å². The number of nitrogens with two attached hydrogens (primary N) is 2. The molecule has 0 saturated heterocycles. The minimum atomic E-state index is -3.93. The van der Waals surface area contributed by atoms with Crippen molar-refractivity contribution in [2.75, 3.05) is 13.2 Å². The van der Waals surface area contributed by atoms with Crippen molar-refractivity contribution in [1.29, 1.82) is 0 Å². The lowest BCUT2D eigenvalue weighted by Gasteiger charge is -2.21. The molecule has 14 heteroatoms. The van der Waals surface area contributed by atoms with E-state index in [0.717, 1.165) is 5.56 Å². The second kappa shape index (κ2) is 12.6. The molecule has 0 spiro atoms. The van der Waals surface area contributed by atoms with Gasteiger partial charge in [0.05, 0.1) is 18.9 Å². The second-order valence-electron chi connectivity index (χ2n) is 8.20. The zero-order chi connectivity index (χ0) is 27.1. The number of nitrogens with zero attached hydrogens (tertiary/aromatic N) is 4. The van der Waals surface area contributed by atoms with Gasteiger partial charge < -0.3 is 9.47 Å². The Hall–Kier alpha value is -2.62. The van der Waals surface area contributed by atoms with Crippen LogP contribution in [0.25, 0.3) is 6.08 Å². The van der Waals surface area contributed by atoms with E-state index in [9.17, 15) is 16.8 Å². The minimum absolute atomic E-state index is 0.00941. The average molecular weight is 541 g/mol. The molecule has 4 N–H and O–H groups in total. The molecule has 12 nitrogen and oxygen atoms in total. The van der Waals surface area contributed by atoms with E-state index in [-0.39, 0.29) is 24.9 Å². The molecule has 0 saturated carbocycles. The number of hydrogen-bond donors (Lipinski definition) is 2. The molecule has 198 valence electrons. The fourth-order valence-corrected chi connectivity index (χ4v) is 4.09. The van der Waals surface area contributed by atoms with E-state index in [1.165, 1.54) is 26.1 Å². The third kappa shape index (κ3) is 8.21. The van der Waals surface area contributed by atoms with Gasteiger partial charge in [-0.25, -0.2) is 47.0 Å². The summed E-state index contributed by atoms with van der Waals surface area (Å²) >= 11 is 0. The van der Waals surface area contributed by atoms with E-state index < -0.39 is 42.8 Å². The quantitative estimate of drug-likeness (QED) is 0.350. The molecule has 0 fully saturated rings. The Labute approximate surface area is 212 Å². The zero-order valence-corrected chi connectivity index (χ0v) is 22.2. The van der Waals surface area contributed by atoms with Gasteiger partial charge in [0, 0.05) is 18.6 Å². The molecule has 0 radical (unpaired) electrons. The van der Waals surface area contributed by atoms with Crippen molar-refractivity contribution in [3.05, 3.63) is 65.8 Å². The fraction of sp³-hybridized carbons (Fsp3) is 0.455. The fourth-order valence-electron chi connectivity index (χ4n) is 3.00. The number of ether oxygens (including phenoxy) is 2. The van der Waals surface area contributed by atoms with Crippen molar-refractivity contribution < 1.29 is 26.3 Å². The van der Waals surface area contributed by atoms with Gasteiger partial charge in [-0.15, -0.1) is 6.58 Å². The van der Waals surface area contributed by atoms with Crippen LogP contribution in [0.2, 0.25) is 0 Å². The Morgan fingerprint density at radius 2 is 1.39 bits per heavy atom. The summed E-state index contributed by atoms with van der Waals surface area (Å²) in [6.07, 6.45) is 7.38. The first-order chi connectivity index (χ1) is 16.8. The molecule has 0 amide bonds. The molecule has 2 rings (SSSR count). The van der Waals surface area contributed by atoms with Crippen LogP contribution in [0.15, 0.2) is 37.3 Å². The number of aromatic nitrogens is 4. The van der Waals surface area contributed by atoms with Gasteiger partial charge in [0.25, 0.3) is 0 Å². The predicted molar refractivity (Wildman–Crippen MR) is 135 cm³/mol. The molecule has 0 aliphatic rings. The maximum Gasteiger partial charge on any atom is 0.214 e. The van der Waals surface area contributed by atoms with E-state index in [2.05, 4.69) is 26.5 Å². The molecule has 0 aliphatic carbocycles. The summed E-state index contributed by atoms with van der Waals surface area (Å²) in [4.78, 5) is 17.0. The van der Waals surface area contributed by atoms with Crippen molar-refractivity contribution in [3.63, 3.8) is 0 Å². The van der Waals surface area contributed by atoms with Crippen molar-refractivity contribution in [1.82, 2.24) is 19.9 Å². The predicted octanol–water partition coefficient (Wildman–Crippen LogP) is 1.25. The van der Waals surface area contributed by atoms with Crippen LogP contribution in [0, 0.1) is 13.8 Å². The second-order valence-corrected chi connectivity index (χ2v) is 12.0. The normalized spacial score (nSPS) is 15.9. The summed E-state index contributed by atoms with van der Waals surface area (Å²) in [7, 11) is -7.86. The smallest absolute Gasteiger partial charge is 0.214 e. The molecule has 0 aliphatic heterocycles. The Kier molecular flexibility index (Phi) is 10.3. The molecular formula is C22H32N6O6S2. The first-order valence-electron chi connectivity index (χ1n) is 10.9. The maximum atomic E-state index is 12.0. The van der Waals surface area contributed by atoms with E-state index >= 15 is 0 Å². The lowest BCUT2D eigenvalue weighted by molar-refractivity contribution is 0.0667. The highest BCUT2D eigenvalue weighted by Gasteiger charge is 2.32. The topological polar surface area (TPSA) is 190 Å². The third-order valence-electron chi connectivity index (χ3n) is 5.27. The molecular weight excluding hydrogens is 508 g/mol. The van der Waals surface area contributed by atoms with Gasteiger partial charge in [0.1, 0.15) is 22.7 Å². The van der Waals surface area contributed by atoms with E-state index in [4.69, 9.17) is 19.8 Å². The van der Waals surface area contributed by atoms with Crippen LogP contribution in [0.4, 0.5) is 0 Å². The Morgan fingerprint density at radius 1 is 0.889 bits per heavy atom. The van der Waals surface area contributed by atoms with Crippen LogP contribution in [-0.2, 0) is 29.5 Å². The molecule has 4 atom stereocenters. The molecule has 36 heavy (non-hydrogen) atoms. The standard InChI is InChI=1S/C22H32N6O6S2/c1-6-9-33-20(17(5)36(24,31)32)22-27-13-15(3)18(28-22)8-7-10-34-19(16(4)35(23,29)30)21-25-11-14(2)12-26-21/h6-8,11-13,16-17,19-20H,1,9-10H2,2-5H3,(H2,23,29,30)(H2,24,31,32)/b8-7+/t16-,17+,19+,20-/m0/s1. The van der Waals surface area contributed by atoms with Gasteiger partial charge >= 0.3 is 0 Å². The molecule has 2 aromatic heterocycles. The van der Waals surface area contributed by atoms with Crippen molar-refractivity contribution >= 4 is 26.1 Å². The average Bonchev–Trinajstić information content (AvgIpc) is 2.80. The summed E-state index contributed by atoms with van der Waals surface area (Å²) in [5.41, 5.74) is 2.00. The highest BCUT2D eigenvalue weighted by Crippen LogP contribution is 2.24. The maximum absolute atomic E-state index is 12.0. The van der Waals surface area contributed by atoms with Gasteiger partial charge in [0.15, 0.2) is 11.6 Å². The Balaban J connectivity index is 2.27. The number of hydrogen-bond acceptors (Lipinski definition) is 10. The van der Waals surface area contributed by atoms with E-state index in [1.807, 2.05) is 0 Å². The van der Waals surface area contributed by atoms with Gasteiger partial charge in [-0.1, -0.05) is 12.2 Å². The first-order valence-corrected chi connectivity index (χ1v) is 14.1. The minimum Gasteiger partial charge on any atom is -0.365 e. The highest BCUT2D eigenvalue weighted by molar-refractivity contribution is 7.90. The summed E-state index contributed by atoms with van der Waals surface area (Å²) in [5, 5.41) is 8.45. The number of primary sulfonamides is 2. The van der Waals surface area contributed by atoms with Gasteiger partial charge in [-0.05, 0) is 44.9 Å². The van der Waals surface area contributed by atoms with Crippen LogP contribution in [0.3, 0.4) is 0 Å². The van der Waals surface area contributed by atoms with E-state index in [1.54, 1.807) is 38.4 Å². The SMILES string of the molecule is C=CCO[C@H](c1ncc(C)c(/C=C/CO[C@@H](c2ncc(C)cn2)[C@H](C)S(N)(=O)=O)n1)[C@@H](C)S(N)(=O)=O. The Bertz CT molecular complexity index is 1280. The molecule has 0 bridgehead atoms. The van der Waals surface area contributed by atoms with Crippen molar-refractivity contribution in [3.8, 4) is 0 Å². The highest BCUT2D eigenvalue weighted by atomic mass is 32.2. The van der Waals surface area contributed by atoms with Gasteiger partial charge in [0.2, 0.25) is 20.0 Å². The largest absolute Gasteiger partial charge is 0.365 e. The number of sulfonamides is 2. The lowest BCUT2D eigenvalue weighted by Crippen LogP contribution is -2.34. The molecule has 0 aromatic carbocycles. The van der Waals surface area contributed by atoms with Gasteiger partial charge in [-0.3, -0.25) is 0 Å².